The summed E-state index contributed by atoms with van der Waals surface area (Å²) in [5.74, 6) is 0.713. The zero-order valence-corrected chi connectivity index (χ0v) is 13.2. The van der Waals surface area contributed by atoms with Crippen LogP contribution in [-0.2, 0) is 0 Å². The van der Waals surface area contributed by atoms with Crippen molar-refractivity contribution in [2.75, 3.05) is 11.9 Å². The van der Waals surface area contributed by atoms with Gasteiger partial charge in [0.1, 0.15) is 23.3 Å². The number of hydrogen-bond acceptors (Lipinski definition) is 4. The van der Waals surface area contributed by atoms with E-state index in [-0.39, 0.29) is 11.8 Å². The molecule has 0 aliphatic heterocycles. The summed E-state index contributed by atoms with van der Waals surface area (Å²) >= 11 is 0. The van der Waals surface area contributed by atoms with Gasteiger partial charge in [0.25, 0.3) is 0 Å². The number of benzene rings is 1. The van der Waals surface area contributed by atoms with Crippen molar-refractivity contribution >= 4 is 5.82 Å². The van der Waals surface area contributed by atoms with Crippen LogP contribution in [0.3, 0.4) is 0 Å². The Bertz CT molecular complexity index is 736. The number of rotatable bonds is 5. The van der Waals surface area contributed by atoms with Crippen molar-refractivity contribution in [1.29, 1.82) is 5.26 Å². The van der Waals surface area contributed by atoms with Crippen molar-refractivity contribution in [3.05, 3.63) is 53.2 Å². The Morgan fingerprint density at radius 1 is 1.21 bits per heavy atom. The lowest BCUT2D eigenvalue weighted by atomic mass is 10.1. The van der Waals surface area contributed by atoms with Gasteiger partial charge in [0.05, 0.1) is 0 Å². The minimum Gasteiger partial charge on any atom is -0.484 e. The van der Waals surface area contributed by atoms with Gasteiger partial charge in [-0.25, -0.2) is 4.98 Å². The summed E-state index contributed by atoms with van der Waals surface area (Å²) in [7, 11) is 0. The minimum absolute atomic E-state index is 0.136. The van der Waals surface area contributed by atoms with Crippen molar-refractivity contribution in [3.63, 3.8) is 0 Å². The molecule has 1 aromatic carbocycles. The highest BCUT2D eigenvalue weighted by atomic mass is 19.4. The van der Waals surface area contributed by atoms with Crippen LogP contribution in [0.2, 0.25) is 0 Å². The molecule has 0 saturated carbocycles. The summed E-state index contributed by atoms with van der Waals surface area (Å²) in [4.78, 5) is 4.21. The molecular formula is C17H16F3N3O. The monoisotopic (exact) mass is 335 g/mol. The van der Waals surface area contributed by atoms with Crippen molar-refractivity contribution in [2.24, 2.45) is 0 Å². The zero-order chi connectivity index (χ0) is 17.7. The van der Waals surface area contributed by atoms with Crippen LogP contribution < -0.4 is 10.1 Å². The molecule has 1 aromatic heterocycles. The van der Waals surface area contributed by atoms with Gasteiger partial charge in [-0.15, -0.1) is 0 Å². The summed E-state index contributed by atoms with van der Waals surface area (Å²) in [5.41, 5.74) is 2.00. The largest absolute Gasteiger partial charge is 0.484 e. The number of anilines is 1. The summed E-state index contributed by atoms with van der Waals surface area (Å²) in [6, 6.07) is 11.8. The lowest BCUT2D eigenvalue weighted by Crippen LogP contribution is -2.19. The molecule has 0 radical (unpaired) electrons. The van der Waals surface area contributed by atoms with Gasteiger partial charge in [0, 0.05) is 6.04 Å². The smallest absolute Gasteiger partial charge is 0.422 e. The third kappa shape index (κ3) is 4.88. The van der Waals surface area contributed by atoms with E-state index in [1.54, 1.807) is 31.2 Å². The highest BCUT2D eigenvalue weighted by molar-refractivity contribution is 5.44. The molecule has 126 valence electrons. The first-order valence-electron chi connectivity index (χ1n) is 7.22. The van der Waals surface area contributed by atoms with Crippen molar-refractivity contribution < 1.29 is 17.9 Å². The quantitative estimate of drug-likeness (QED) is 0.881. The van der Waals surface area contributed by atoms with Crippen LogP contribution in [0, 0.1) is 18.3 Å². The van der Waals surface area contributed by atoms with Crippen LogP contribution in [-0.4, -0.2) is 17.8 Å². The second-order valence-corrected chi connectivity index (χ2v) is 5.31. The number of nitriles is 1. The molecule has 2 aromatic rings. The SMILES string of the molecule is Cc1ccc(NC(C)c2ccc(OCC(F)(F)F)cc2)nc1C#N. The summed E-state index contributed by atoms with van der Waals surface area (Å²) < 4.78 is 41.0. The first-order chi connectivity index (χ1) is 11.3. The molecule has 1 N–H and O–H groups in total. The third-order valence-electron chi connectivity index (χ3n) is 3.35. The first-order valence-corrected chi connectivity index (χ1v) is 7.22. The number of halogens is 3. The number of nitrogens with one attached hydrogen (secondary N) is 1. The van der Waals surface area contributed by atoms with Gasteiger partial charge < -0.3 is 10.1 Å². The van der Waals surface area contributed by atoms with E-state index in [1.165, 1.54) is 12.1 Å². The molecule has 0 aliphatic carbocycles. The molecule has 7 heteroatoms. The van der Waals surface area contributed by atoms with Crippen LogP contribution >= 0.6 is 0 Å². The fourth-order valence-corrected chi connectivity index (χ4v) is 2.05. The van der Waals surface area contributed by atoms with E-state index in [0.29, 0.717) is 11.5 Å². The van der Waals surface area contributed by atoms with Crippen LogP contribution in [0.1, 0.15) is 29.8 Å². The molecule has 1 unspecified atom stereocenters. The number of nitrogens with zero attached hydrogens (tertiary/aromatic N) is 2. The van der Waals surface area contributed by atoms with Gasteiger partial charge in [-0.2, -0.15) is 18.4 Å². The van der Waals surface area contributed by atoms with Crippen LogP contribution in [0.25, 0.3) is 0 Å². The summed E-state index contributed by atoms with van der Waals surface area (Å²) in [6.07, 6.45) is -4.36. The molecule has 0 fully saturated rings. The lowest BCUT2D eigenvalue weighted by Gasteiger charge is -2.16. The maximum absolute atomic E-state index is 12.1. The Balaban J connectivity index is 2.02. The van der Waals surface area contributed by atoms with Crippen molar-refractivity contribution in [1.82, 2.24) is 4.98 Å². The zero-order valence-electron chi connectivity index (χ0n) is 13.2. The molecule has 4 nitrogen and oxygen atoms in total. The Kier molecular flexibility index (Phi) is 5.29. The van der Waals surface area contributed by atoms with E-state index in [4.69, 9.17) is 5.26 Å². The average molecular weight is 335 g/mol. The summed E-state index contributed by atoms with van der Waals surface area (Å²) in [6.45, 7) is 2.38. The first kappa shape index (κ1) is 17.6. The third-order valence-corrected chi connectivity index (χ3v) is 3.35. The standard InChI is InChI=1S/C17H16F3N3O/c1-11-3-8-16(23-15(11)9-21)22-12(2)13-4-6-14(7-5-13)24-10-17(18,19)20/h3-8,12H,10H2,1-2H3,(H,22,23). The topological polar surface area (TPSA) is 57.9 Å². The maximum Gasteiger partial charge on any atom is 0.422 e. The minimum atomic E-state index is -4.36. The Morgan fingerprint density at radius 2 is 1.88 bits per heavy atom. The fourth-order valence-electron chi connectivity index (χ4n) is 2.05. The number of pyridine rings is 1. The number of ether oxygens (including phenoxy) is 1. The Morgan fingerprint density at radius 3 is 2.46 bits per heavy atom. The van der Waals surface area contributed by atoms with Gasteiger partial charge in [-0.05, 0) is 43.2 Å². The predicted molar refractivity (Wildman–Crippen MR) is 83.7 cm³/mol. The molecule has 0 saturated heterocycles. The van der Waals surface area contributed by atoms with Gasteiger partial charge in [-0.3, -0.25) is 0 Å². The van der Waals surface area contributed by atoms with Crippen LogP contribution in [0.15, 0.2) is 36.4 Å². The Labute approximate surface area is 137 Å². The van der Waals surface area contributed by atoms with E-state index in [0.717, 1.165) is 11.1 Å². The van der Waals surface area contributed by atoms with Crippen molar-refractivity contribution in [3.8, 4) is 11.8 Å². The molecule has 0 spiro atoms. The number of alkyl halides is 3. The molecule has 2 rings (SSSR count). The van der Waals surface area contributed by atoms with E-state index in [1.807, 2.05) is 13.0 Å². The molecule has 0 bridgehead atoms. The second-order valence-electron chi connectivity index (χ2n) is 5.31. The van der Waals surface area contributed by atoms with E-state index >= 15 is 0 Å². The van der Waals surface area contributed by atoms with Gasteiger partial charge >= 0.3 is 6.18 Å². The number of hydrogen-bond donors (Lipinski definition) is 1. The van der Waals surface area contributed by atoms with Gasteiger partial charge in [0.2, 0.25) is 0 Å². The van der Waals surface area contributed by atoms with E-state index in [2.05, 4.69) is 15.0 Å². The molecule has 1 atom stereocenters. The Hall–Kier alpha value is -2.75. The second kappa shape index (κ2) is 7.21. The van der Waals surface area contributed by atoms with Gasteiger partial charge in [0.15, 0.2) is 6.61 Å². The van der Waals surface area contributed by atoms with Crippen LogP contribution in [0.5, 0.6) is 5.75 Å². The maximum atomic E-state index is 12.1. The van der Waals surface area contributed by atoms with E-state index in [9.17, 15) is 13.2 Å². The van der Waals surface area contributed by atoms with Gasteiger partial charge in [-0.1, -0.05) is 18.2 Å². The molecule has 0 amide bonds. The average Bonchev–Trinajstić information content (AvgIpc) is 2.54. The predicted octanol–water partition coefficient (Wildman–Crippen LogP) is 4.38. The highest BCUT2D eigenvalue weighted by Gasteiger charge is 2.28. The highest BCUT2D eigenvalue weighted by Crippen LogP contribution is 2.23. The molecule has 0 aliphatic rings. The van der Waals surface area contributed by atoms with Crippen molar-refractivity contribution in [2.45, 2.75) is 26.1 Å². The molecular weight excluding hydrogens is 319 g/mol. The number of aryl methyl sites for hydroxylation is 1. The number of aromatic nitrogens is 1. The molecule has 1 heterocycles. The van der Waals surface area contributed by atoms with E-state index < -0.39 is 12.8 Å². The molecule has 24 heavy (non-hydrogen) atoms. The lowest BCUT2D eigenvalue weighted by molar-refractivity contribution is -0.153. The summed E-state index contributed by atoms with van der Waals surface area (Å²) in [5, 5.41) is 12.2. The fraction of sp³-hybridized carbons (Fsp3) is 0.294. The normalized spacial score (nSPS) is 12.3. The van der Waals surface area contributed by atoms with Crippen LogP contribution in [0.4, 0.5) is 19.0 Å².